The van der Waals surface area contributed by atoms with E-state index in [1.807, 2.05) is 24.3 Å². The second-order valence-electron chi connectivity index (χ2n) is 4.38. The van der Waals surface area contributed by atoms with Crippen LogP contribution in [0.25, 0.3) is 0 Å². The van der Waals surface area contributed by atoms with Gasteiger partial charge in [0.25, 0.3) is 0 Å². The summed E-state index contributed by atoms with van der Waals surface area (Å²) in [4.78, 5) is 4.25. The van der Waals surface area contributed by atoms with Gasteiger partial charge < -0.3 is 15.8 Å². The van der Waals surface area contributed by atoms with Crippen molar-refractivity contribution in [2.45, 2.75) is 20.5 Å². The lowest BCUT2D eigenvalue weighted by atomic mass is 10.2. The number of anilines is 1. The molecule has 0 aliphatic carbocycles. The number of guanidine groups is 1. The van der Waals surface area contributed by atoms with E-state index in [4.69, 9.17) is 10.5 Å². The number of nitrogens with two attached hydrogens (primary N) is 1. The molecule has 0 aliphatic heterocycles. The van der Waals surface area contributed by atoms with Crippen LogP contribution in [0.15, 0.2) is 29.3 Å². The summed E-state index contributed by atoms with van der Waals surface area (Å²) in [7, 11) is 1.68. The maximum atomic E-state index is 5.79. The number of benzene rings is 1. The van der Waals surface area contributed by atoms with Crippen LogP contribution in [0.5, 0.6) is 0 Å². The van der Waals surface area contributed by atoms with Gasteiger partial charge in [-0.15, -0.1) is 0 Å². The molecule has 0 saturated carbocycles. The average Bonchev–Trinajstić information content (AvgIpc) is 2.27. The summed E-state index contributed by atoms with van der Waals surface area (Å²) < 4.78 is 5.08. The van der Waals surface area contributed by atoms with Gasteiger partial charge in [-0.05, 0) is 23.6 Å². The molecule has 0 aromatic heterocycles. The molecular formula is C13H21N3O. The first-order valence-electron chi connectivity index (χ1n) is 5.76. The Bertz CT molecular complexity index is 375. The molecule has 17 heavy (non-hydrogen) atoms. The molecule has 0 amide bonds. The Labute approximate surface area is 103 Å². The van der Waals surface area contributed by atoms with Gasteiger partial charge in [-0.1, -0.05) is 26.0 Å². The van der Waals surface area contributed by atoms with E-state index >= 15 is 0 Å². The van der Waals surface area contributed by atoms with Gasteiger partial charge in [0.1, 0.15) is 0 Å². The molecule has 1 aromatic carbocycles. The highest BCUT2D eigenvalue weighted by molar-refractivity contribution is 5.92. The first kappa shape index (κ1) is 13.5. The van der Waals surface area contributed by atoms with Crippen molar-refractivity contribution in [2.75, 3.05) is 19.0 Å². The first-order valence-corrected chi connectivity index (χ1v) is 5.76. The topological polar surface area (TPSA) is 59.6 Å². The summed E-state index contributed by atoms with van der Waals surface area (Å²) in [6, 6.07) is 7.93. The smallest absolute Gasteiger partial charge is 0.193 e. The van der Waals surface area contributed by atoms with Crippen molar-refractivity contribution in [1.29, 1.82) is 0 Å². The highest BCUT2D eigenvalue weighted by Crippen LogP contribution is 2.11. The number of ether oxygens (including phenoxy) is 1. The molecule has 1 rings (SSSR count). The van der Waals surface area contributed by atoms with Crippen molar-refractivity contribution in [2.24, 2.45) is 16.6 Å². The van der Waals surface area contributed by atoms with Gasteiger partial charge in [-0.3, -0.25) is 4.99 Å². The second kappa shape index (κ2) is 6.91. The number of hydrogen-bond donors (Lipinski definition) is 2. The van der Waals surface area contributed by atoms with E-state index in [2.05, 4.69) is 24.2 Å². The average molecular weight is 235 g/mol. The van der Waals surface area contributed by atoms with Crippen molar-refractivity contribution in [3.8, 4) is 0 Å². The van der Waals surface area contributed by atoms with Gasteiger partial charge in [-0.25, -0.2) is 0 Å². The van der Waals surface area contributed by atoms with E-state index in [-0.39, 0.29) is 0 Å². The van der Waals surface area contributed by atoms with Gasteiger partial charge in [-0.2, -0.15) is 0 Å². The predicted molar refractivity (Wildman–Crippen MR) is 72.1 cm³/mol. The number of methoxy groups -OCH3 is 1. The lowest BCUT2D eigenvalue weighted by Crippen LogP contribution is -2.23. The summed E-state index contributed by atoms with van der Waals surface area (Å²) in [5.74, 6) is 0.962. The Kier molecular flexibility index (Phi) is 5.49. The SMILES string of the molecule is COCc1cccc(NC(N)=NCC(C)C)c1. The van der Waals surface area contributed by atoms with Crippen LogP contribution in [0.4, 0.5) is 5.69 Å². The third-order valence-corrected chi connectivity index (χ3v) is 2.14. The fourth-order valence-corrected chi connectivity index (χ4v) is 1.37. The van der Waals surface area contributed by atoms with E-state index < -0.39 is 0 Å². The summed E-state index contributed by atoms with van der Waals surface area (Å²) >= 11 is 0. The van der Waals surface area contributed by atoms with Crippen molar-refractivity contribution < 1.29 is 4.74 Å². The molecule has 1 aromatic rings. The van der Waals surface area contributed by atoms with Crippen LogP contribution in [0.2, 0.25) is 0 Å². The number of nitrogens with zero attached hydrogens (tertiary/aromatic N) is 1. The zero-order chi connectivity index (χ0) is 12.7. The summed E-state index contributed by atoms with van der Waals surface area (Å²) in [6.45, 7) is 5.54. The van der Waals surface area contributed by atoms with E-state index in [0.29, 0.717) is 18.5 Å². The Morgan fingerprint density at radius 3 is 2.88 bits per heavy atom. The molecule has 4 nitrogen and oxygen atoms in total. The molecule has 0 spiro atoms. The Hall–Kier alpha value is -1.55. The highest BCUT2D eigenvalue weighted by Gasteiger charge is 1.98. The molecule has 0 atom stereocenters. The molecular weight excluding hydrogens is 214 g/mol. The molecule has 0 heterocycles. The van der Waals surface area contributed by atoms with Crippen molar-refractivity contribution in [3.05, 3.63) is 29.8 Å². The van der Waals surface area contributed by atoms with Crippen LogP contribution in [0, 0.1) is 5.92 Å². The van der Waals surface area contributed by atoms with E-state index in [9.17, 15) is 0 Å². The van der Waals surface area contributed by atoms with Gasteiger partial charge >= 0.3 is 0 Å². The summed E-state index contributed by atoms with van der Waals surface area (Å²) in [6.07, 6.45) is 0. The fourth-order valence-electron chi connectivity index (χ4n) is 1.37. The number of rotatable bonds is 5. The third-order valence-electron chi connectivity index (χ3n) is 2.14. The summed E-state index contributed by atoms with van der Waals surface area (Å²) in [5, 5.41) is 3.07. The normalized spacial score (nSPS) is 11.9. The Balaban J connectivity index is 2.61. The van der Waals surface area contributed by atoms with Gasteiger partial charge in [0.15, 0.2) is 5.96 Å². The van der Waals surface area contributed by atoms with Gasteiger partial charge in [0.2, 0.25) is 0 Å². The van der Waals surface area contributed by atoms with E-state index in [0.717, 1.165) is 17.8 Å². The van der Waals surface area contributed by atoms with Gasteiger partial charge in [0.05, 0.1) is 6.61 Å². The van der Waals surface area contributed by atoms with Crippen LogP contribution in [0.3, 0.4) is 0 Å². The van der Waals surface area contributed by atoms with Crippen LogP contribution in [-0.4, -0.2) is 19.6 Å². The number of aliphatic imine (C=N–C) groups is 1. The zero-order valence-electron chi connectivity index (χ0n) is 10.7. The van der Waals surface area contributed by atoms with Crippen LogP contribution in [-0.2, 0) is 11.3 Å². The lowest BCUT2D eigenvalue weighted by Gasteiger charge is -2.08. The molecule has 0 bridgehead atoms. The molecule has 0 fully saturated rings. The quantitative estimate of drug-likeness (QED) is 0.607. The second-order valence-corrected chi connectivity index (χ2v) is 4.38. The summed E-state index contributed by atoms with van der Waals surface area (Å²) in [5.41, 5.74) is 7.83. The van der Waals surface area contributed by atoms with E-state index in [1.165, 1.54) is 0 Å². The molecule has 0 aliphatic rings. The van der Waals surface area contributed by atoms with E-state index in [1.54, 1.807) is 7.11 Å². The lowest BCUT2D eigenvalue weighted by molar-refractivity contribution is 0.185. The minimum Gasteiger partial charge on any atom is -0.380 e. The molecule has 94 valence electrons. The maximum absolute atomic E-state index is 5.79. The van der Waals surface area contributed by atoms with Crippen molar-refractivity contribution >= 4 is 11.6 Å². The number of hydrogen-bond acceptors (Lipinski definition) is 2. The minimum atomic E-state index is 0.452. The van der Waals surface area contributed by atoms with Crippen LogP contribution >= 0.6 is 0 Å². The largest absolute Gasteiger partial charge is 0.380 e. The van der Waals surface area contributed by atoms with Crippen LogP contribution < -0.4 is 11.1 Å². The highest BCUT2D eigenvalue weighted by atomic mass is 16.5. The van der Waals surface area contributed by atoms with Crippen LogP contribution in [0.1, 0.15) is 19.4 Å². The molecule has 0 saturated heterocycles. The third kappa shape index (κ3) is 5.36. The zero-order valence-corrected chi connectivity index (χ0v) is 10.7. The maximum Gasteiger partial charge on any atom is 0.193 e. The minimum absolute atomic E-state index is 0.452. The molecule has 4 heteroatoms. The Morgan fingerprint density at radius 1 is 1.47 bits per heavy atom. The molecule has 0 radical (unpaired) electrons. The standard InChI is InChI=1S/C13H21N3O/c1-10(2)8-15-13(14)16-12-6-4-5-11(7-12)9-17-3/h4-7,10H,8-9H2,1-3H3,(H3,14,15,16). The fraction of sp³-hybridized carbons (Fsp3) is 0.462. The molecule has 3 N–H and O–H groups in total. The van der Waals surface area contributed by atoms with Crippen molar-refractivity contribution in [1.82, 2.24) is 0 Å². The monoisotopic (exact) mass is 235 g/mol. The first-order chi connectivity index (χ1) is 8.11. The Morgan fingerprint density at radius 2 is 2.24 bits per heavy atom. The van der Waals surface area contributed by atoms with Crippen molar-refractivity contribution in [3.63, 3.8) is 0 Å². The van der Waals surface area contributed by atoms with Gasteiger partial charge in [0, 0.05) is 19.3 Å². The molecule has 0 unspecified atom stereocenters. The predicted octanol–water partition coefficient (Wildman–Crippen LogP) is 2.22. The number of nitrogens with one attached hydrogen (secondary N) is 1.